The van der Waals surface area contributed by atoms with Crippen LogP contribution in [-0.4, -0.2) is 30.0 Å². The number of hydrogen-bond donors (Lipinski definition) is 2. The molecule has 0 aromatic heterocycles. The predicted octanol–water partition coefficient (Wildman–Crippen LogP) is 3.05. The van der Waals surface area contributed by atoms with Crippen LogP contribution in [0, 0.1) is 0 Å². The van der Waals surface area contributed by atoms with E-state index in [-0.39, 0.29) is 24.4 Å². The maximum Gasteiger partial charge on any atom is 0.251 e. The zero-order valence-corrected chi connectivity index (χ0v) is 14.0. The second-order valence-electron chi connectivity index (χ2n) is 4.66. The lowest BCUT2D eigenvalue weighted by molar-refractivity contribution is 0.0941. The van der Waals surface area contributed by atoms with Crippen molar-refractivity contribution in [2.24, 2.45) is 5.73 Å². The van der Waals surface area contributed by atoms with Crippen molar-refractivity contribution >= 4 is 41.8 Å². The van der Waals surface area contributed by atoms with E-state index in [0.29, 0.717) is 16.7 Å². The zero-order valence-electron chi connectivity index (χ0n) is 11.5. The number of rotatable bonds is 4. The molecule has 1 fully saturated rings. The van der Waals surface area contributed by atoms with Crippen LogP contribution in [0.3, 0.4) is 0 Å². The van der Waals surface area contributed by atoms with Gasteiger partial charge in [0.2, 0.25) is 0 Å². The molecule has 1 aromatic rings. The largest absolute Gasteiger partial charge is 0.348 e. The van der Waals surface area contributed by atoms with Crippen molar-refractivity contribution < 1.29 is 4.79 Å². The highest BCUT2D eigenvalue weighted by Gasteiger charge is 2.17. The Kier molecular flexibility index (Phi) is 7.80. The maximum atomic E-state index is 11.9. The summed E-state index contributed by atoms with van der Waals surface area (Å²) in [5.41, 5.74) is 7.51. The minimum Gasteiger partial charge on any atom is -0.348 e. The number of thioether (sulfide) groups is 2. The maximum absolute atomic E-state index is 11.9. The molecule has 0 saturated carbocycles. The van der Waals surface area contributed by atoms with Crippen LogP contribution >= 0.6 is 35.9 Å². The number of carbonyl (C=O) groups excluding carboxylic acids is 1. The van der Waals surface area contributed by atoms with Gasteiger partial charge in [-0.2, -0.15) is 0 Å². The smallest absolute Gasteiger partial charge is 0.251 e. The lowest BCUT2D eigenvalue weighted by Crippen LogP contribution is -2.37. The van der Waals surface area contributed by atoms with E-state index in [1.165, 1.54) is 23.5 Å². The van der Waals surface area contributed by atoms with Crippen molar-refractivity contribution in [2.75, 3.05) is 18.1 Å². The SMILES string of the molecule is C[C@@H](CN)NC(=O)c1ccc(C2SCCCS2)cc1.Cl. The van der Waals surface area contributed by atoms with Gasteiger partial charge in [0.15, 0.2) is 0 Å². The average Bonchev–Trinajstić information content (AvgIpc) is 2.48. The molecule has 2 rings (SSSR count). The summed E-state index contributed by atoms with van der Waals surface area (Å²) in [5.74, 6) is 2.41. The van der Waals surface area contributed by atoms with Gasteiger partial charge in [0.05, 0.1) is 4.58 Å². The molecule has 1 aliphatic rings. The second-order valence-corrected chi connectivity index (χ2v) is 7.38. The summed E-state index contributed by atoms with van der Waals surface area (Å²) in [6.45, 7) is 2.36. The molecule has 1 heterocycles. The predicted molar refractivity (Wildman–Crippen MR) is 91.9 cm³/mol. The zero-order chi connectivity index (χ0) is 13.7. The number of halogens is 1. The third kappa shape index (κ3) is 4.88. The molecular formula is C14H21ClN2OS2. The summed E-state index contributed by atoms with van der Waals surface area (Å²) in [6.07, 6.45) is 1.29. The molecule has 112 valence electrons. The monoisotopic (exact) mass is 332 g/mol. The van der Waals surface area contributed by atoms with Gasteiger partial charge in [-0.15, -0.1) is 35.9 Å². The summed E-state index contributed by atoms with van der Waals surface area (Å²) in [5, 5.41) is 2.87. The Morgan fingerprint density at radius 1 is 1.35 bits per heavy atom. The quantitative estimate of drug-likeness (QED) is 0.889. The van der Waals surface area contributed by atoms with Gasteiger partial charge in [-0.05, 0) is 42.5 Å². The van der Waals surface area contributed by atoms with Crippen molar-refractivity contribution in [1.82, 2.24) is 5.32 Å². The fourth-order valence-electron chi connectivity index (χ4n) is 1.84. The van der Waals surface area contributed by atoms with Crippen molar-refractivity contribution in [3.05, 3.63) is 35.4 Å². The molecule has 1 aliphatic heterocycles. The van der Waals surface area contributed by atoms with Crippen LogP contribution in [0.1, 0.15) is 33.8 Å². The van der Waals surface area contributed by atoms with E-state index >= 15 is 0 Å². The van der Waals surface area contributed by atoms with E-state index in [2.05, 4.69) is 17.4 Å². The molecule has 1 saturated heterocycles. The Morgan fingerprint density at radius 2 is 1.95 bits per heavy atom. The molecule has 0 unspecified atom stereocenters. The average molecular weight is 333 g/mol. The van der Waals surface area contributed by atoms with Crippen LogP contribution in [0.15, 0.2) is 24.3 Å². The number of carbonyl (C=O) groups is 1. The van der Waals surface area contributed by atoms with Gasteiger partial charge in [-0.3, -0.25) is 4.79 Å². The summed E-state index contributed by atoms with van der Waals surface area (Å²) >= 11 is 3.98. The lowest BCUT2D eigenvalue weighted by atomic mass is 10.1. The van der Waals surface area contributed by atoms with E-state index in [0.717, 1.165) is 0 Å². The third-order valence-corrected chi connectivity index (χ3v) is 6.02. The molecule has 1 amide bonds. The van der Waals surface area contributed by atoms with E-state index in [4.69, 9.17) is 5.73 Å². The minimum atomic E-state index is -0.0477. The highest BCUT2D eigenvalue weighted by atomic mass is 35.5. The topological polar surface area (TPSA) is 55.1 Å². The van der Waals surface area contributed by atoms with Crippen molar-refractivity contribution in [1.29, 1.82) is 0 Å². The molecule has 0 aliphatic carbocycles. The highest BCUT2D eigenvalue weighted by Crippen LogP contribution is 2.43. The molecule has 3 N–H and O–H groups in total. The van der Waals surface area contributed by atoms with E-state index in [9.17, 15) is 4.79 Å². The van der Waals surface area contributed by atoms with Gasteiger partial charge >= 0.3 is 0 Å². The van der Waals surface area contributed by atoms with E-state index in [1.54, 1.807) is 0 Å². The van der Waals surface area contributed by atoms with Gasteiger partial charge in [-0.25, -0.2) is 0 Å². The number of nitrogens with two attached hydrogens (primary N) is 1. The number of benzene rings is 1. The van der Waals surface area contributed by atoms with Gasteiger partial charge in [0.25, 0.3) is 5.91 Å². The standard InChI is InChI=1S/C14H20N2OS2.ClH/c1-10(9-15)16-13(17)11-3-5-12(6-4-11)14-18-7-2-8-19-14;/h3-6,10,14H,2,7-9,15H2,1H3,(H,16,17);1H/t10-;/m0./s1. The molecule has 0 bridgehead atoms. The second kappa shape index (κ2) is 8.82. The van der Waals surface area contributed by atoms with Crippen LogP contribution in [0.2, 0.25) is 0 Å². The Hall–Kier alpha value is -0.360. The normalized spacial score (nSPS) is 17.1. The molecule has 6 heteroatoms. The van der Waals surface area contributed by atoms with Gasteiger partial charge < -0.3 is 11.1 Å². The third-order valence-electron chi connectivity index (χ3n) is 3.00. The first-order chi connectivity index (χ1) is 9.20. The molecule has 3 nitrogen and oxygen atoms in total. The van der Waals surface area contributed by atoms with Crippen LogP contribution in [0.25, 0.3) is 0 Å². The van der Waals surface area contributed by atoms with Crippen LogP contribution < -0.4 is 11.1 Å². The Labute approximate surface area is 135 Å². The molecule has 0 radical (unpaired) electrons. The van der Waals surface area contributed by atoms with Crippen molar-refractivity contribution in [3.63, 3.8) is 0 Å². The van der Waals surface area contributed by atoms with Gasteiger partial charge in [0.1, 0.15) is 0 Å². The first-order valence-electron chi connectivity index (χ1n) is 6.55. The number of nitrogens with one attached hydrogen (secondary N) is 1. The van der Waals surface area contributed by atoms with Crippen molar-refractivity contribution in [2.45, 2.75) is 24.0 Å². The highest BCUT2D eigenvalue weighted by molar-refractivity contribution is 8.16. The summed E-state index contributed by atoms with van der Waals surface area (Å²) in [6, 6.07) is 7.96. The summed E-state index contributed by atoms with van der Waals surface area (Å²) in [4.78, 5) is 11.9. The lowest BCUT2D eigenvalue weighted by Gasteiger charge is -2.21. The summed E-state index contributed by atoms with van der Waals surface area (Å²) < 4.78 is 0.522. The molecule has 1 aromatic carbocycles. The van der Waals surface area contributed by atoms with Crippen LogP contribution in [0.5, 0.6) is 0 Å². The van der Waals surface area contributed by atoms with E-state index in [1.807, 2.05) is 42.6 Å². The van der Waals surface area contributed by atoms with Crippen LogP contribution in [-0.2, 0) is 0 Å². The van der Waals surface area contributed by atoms with Crippen LogP contribution in [0.4, 0.5) is 0 Å². The molecular weight excluding hydrogens is 312 g/mol. The molecule has 0 spiro atoms. The first kappa shape index (κ1) is 17.7. The Morgan fingerprint density at radius 3 is 2.50 bits per heavy atom. The van der Waals surface area contributed by atoms with Gasteiger partial charge in [-0.1, -0.05) is 12.1 Å². The van der Waals surface area contributed by atoms with E-state index < -0.39 is 0 Å². The van der Waals surface area contributed by atoms with Gasteiger partial charge in [0, 0.05) is 18.2 Å². The fourth-order valence-corrected chi connectivity index (χ4v) is 4.73. The van der Waals surface area contributed by atoms with Crippen molar-refractivity contribution in [3.8, 4) is 0 Å². The molecule has 20 heavy (non-hydrogen) atoms. The molecule has 1 atom stereocenters. The minimum absolute atomic E-state index is 0. The number of hydrogen-bond acceptors (Lipinski definition) is 4. The first-order valence-corrected chi connectivity index (χ1v) is 8.64. The number of amides is 1. The Bertz CT molecular complexity index is 422. The fraction of sp³-hybridized carbons (Fsp3) is 0.500. The summed E-state index contributed by atoms with van der Waals surface area (Å²) in [7, 11) is 0. The Balaban J connectivity index is 0.00000200.